The maximum atomic E-state index is 9.66. The molecule has 0 bridgehead atoms. The van der Waals surface area contributed by atoms with Gasteiger partial charge in [-0.2, -0.15) is 0 Å². The summed E-state index contributed by atoms with van der Waals surface area (Å²) >= 11 is 0. The molecule has 2 fully saturated rings. The van der Waals surface area contributed by atoms with E-state index in [4.69, 9.17) is 0 Å². The Morgan fingerprint density at radius 3 is 2.63 bits per heavy atom. The highest BCUT2D eigenvalue weighted by molar-refractivity contribution is 4.93. The number of hydrogen-bond acceptors (Lipinski definition) is 4. The fraction of sp³-hybridized carbons (Fsp3) is 1.00. The van der Waals surface area contributed by atoms with Crippen LogP contribution in [0.1, 0.15) is 39.0 Å². The molecule has 2 aliphatic rings. The van der Waals surface area contributed by atoms with Gasteiger partial charge in [0.15, 0.2) is 0 Å². The zero-order valence-electron chi connectivity index (χ0n) is 12.9. The summed E-state index contributed by atoms with van der Waals surface area (Å²) in [6.07, 6.45) is 6.25. The van der Waals surface area contributed by atoms with E-state index in [9.17, 15) is 5.11 Å². The summed E-state index contributed by atoms with van der Waals surface area (Å²) in [5, 5.41) is 13.3. The molecular weight excluding hydrogens is 238 g/mol. The van der Waals surface area contributed by atoms with Crippen molar-refractivity contribution in [3.8, 4) is 0 Å². The molecule has 0 amide bonds. The first kappa shape index (κ1) is 15.2. The van der Waals surface area contributed by atoms with Gasteiger partial charge in [0, 0.05) is 30.7 Å². The average molecular weight is 269 g/mol. The third-order valence-corrected chi connectivity index (χ3v) is 4.50. The van der Waals surface area contributed by atoms with Gasteiger partial charge in [-0.1, -0.05) is 0 Å². The van der Waals surface area contributed by atoms with Crippen LogP contribution in [-0.2, 0) is 0 Å². The van der Waals surface area contributed by atoms with E-state index in [1.807, 2.05) is 0 Å². The zero-order valence-corrected chi connectivity index (χ0v) is 12.9. The number of likely N-dealkylation sites (N-methyl/N-ethyl adjacent to an activating group) is 1. The van der Waals surface area contributed by atoms with Gasteiger partial charge >= 0.3 is 0 Å². The summed E-state index contributed by atoms with van der Waals surface area (Å²) < 4.78 is 0. The van der Waals surface area contributed by atoms with E-state index in [0.717, 1.165) is 19.5 Å². The molecule has 2 atom stereocenters. The monoisotopic (exact) mass is 269 g/mol. The van der Waals surface area contributed by atoms with E-state index in [0.29, 0.717) is 12.1 Å². The van der Waals surface area contributed by atoms with Crippen LogP contribution in [0.5, 0.6) is 0 Å². The standard InChI is InChI=1S/C15H31N3O/c1-15(12-19,16-13-6-7-13)8-10-18-9-4-5-14(18)11-17(2)3/h13-14,16,19H,4-12H2,1-3H3. The molecule has 1 heterocycles. The molecule has 0 radical (unpaired) electrons. The Labute approximate surface area is 118 Å². The van der Waals surface area contributed by atoms with Crippen LogP contribution >= 0.6 is 0 Å². The smallest absolute Gasteiger partial charge is 0.0611 e. The first-order valence-corrected chi connectivity index (χ1v) is 7.80. The number of aliphatic hydroxyl groups excluding tert-OH is 1. The van der Waals surface area contributed by atoms with Crippen LogP contribution in [-0.4, -0.2) is 72.9 Å². The molecule has 19 heavy (non-hydrogen) atoms. The molecule has 4 heteroatoms. The van der Waals surface area contributed by atoms with E-state index in [1.165, 1.54) is 32.2 Å². The molecular formula is C15H31N3O. The first-order chi connectivity index (χ1) is 9.02. The molecule has 2 rings (SSSR count). The van der Waals surface area contributed by atoms with E-state index in [-0.39, 0.29) is 12.1 Å². The first-order valence-electron chi connectivity index (χ1n) is 7.80. The van der Waals surface area contributed by atoms with E-state index in [2.05, 4.69) is 36.1 Å². The van der Waals surface area contributed by atoms with Crippen molar-refractivity contribution in [1.82, 2.24) is 15.1 Å². The summed E-state index contributed by atoms with van der Waals surface area (Å²) in [4.78, 5) is 4.90. The molecule has 1 aliphatic heterocycles. The molecule has 0 aromatic heterocycles. The Balaban J connectivity index is 1.78. The van der Waals surface area contributed by atoms with Gasteiger partial charge < -0.3 is 15.3 Å². The SMILES string of the molecule is CN(C)CC1CCCN1CCC(C)(CO)NC1CC1. The summed E-state index contributed by atoms with van der Waals surface area (Å²) in [5.74, 6) is 0. The fourth-order valence-corrected chi connectivity index (χ4v) is 3.13. The van der Waals surface area contributed by atoms with Gasteiger partial charge in [-0.15, -0.1) is 0 Å². The number of nitrogens with zero attached hydrogens (tertiary/aromatic N) is 2. The minimum Gasteiger partial charge on any atom is -0.394 e. The molecule has 2 unspecified atom stereocenters. The number of aliphatic hydroxyl groups is 1. The lowest BCUT2D eigenvalue weighted by Gasteiger charge is -2.33. The van der Waals surface area contributed by atoms with Crippen molar-refractivity contribution in [2.75, 3.05) is 40.3 Å². The molecule has 0 spiro atoms. The lowest BCUT2D eigenvalue weighted by molar-refractivity contribution is 0.133. The highest BCUT2D eigenvalue weighted by atomic mass is 16.3. The summed E-state index contributed by atoms with van der Waals surface area (Å²) in [6, 6.07) is 1.37. The third-order valence-electron chi connectivity index (χ3n) is 4.50. The number of nitrogens with one attached hydrogen (secondary N) is 1. The largest absolute Gasteiger partial charge is 0.394 e. The van der Waals surface area contributed by atoms with Crippen molar-refractivity contribution < 1.29 is 5.11 Å². The van der Waals surface area contributed by atoms with Gasteiger partial charge in [-0.25, -0.2) is 0 Å². The molecule has 1 saturated carbocycles. The fourth-order valence-electron chi connectivity index (χ4n) is 3.13. The van der Waals surface area contributed by atoms with Gasteiger partial charge in [-0.3, -0.25) is 4.90 Å². The molecule has 0 aromatic carbocycles. The number of rotatable bonds is 8. The van der Waals surface area contributed by atoms with Crippen LogP contribution in [0.25, 0.3) is 0 Å². The Hall–Kier alpha value is -0.160. The predicted molar refractivity (Wildman–Crippen MR) is 79.4 cm³/mol. The van der Waals surface area contributed by atoms with Gasteiger partial charge in [0.1, 0.15) is 0 Å². The van der Waals surface area contributed by atoms with E-state index < -0.39 is 0 Å². The predicted octanol–water partition coefficient (Wildman–Crippen LogP) is 0.906. The summed E-state index contributed by atoms with van der Waals surface area (Å²) in [5.41, 5.74) is -0.0909. The van der Waals surface area contributed by atoms with Crippen molar-refractivity contribution in [1.29, 1.82) is 0 Å². The quantitative estimate of drug-likeness (QED) is 0.687. The molecule has 4 nitrogen and oxygen atoms in total. The van der Waals surface area contributed by atoms with Crippen LogP contribution in [0.4, 0.5) is 0 Å². The number of likely N-dealkylation sites (tertiary alicyclic amines) is 1. The second kappa shape index (κ2) is 6.53. The molecule has 112 valence electrons. The van der Waals surface area contributed by atoms with Gasteiger partial charge in [0.05, 0.1) is 6.61 Å². The molecule has 0 aromatic rings. The van der Waals surface area contributed by atoms with E-state index in [1.54, 1.807) is 0 Å². The minimum atomic E-state index is -0.0909. The highest BCUT2D eigenvalue weighted by Crippen LogP contribution is 2.25. The van der Waals surface area contributed by atoms with Crippen LogP contribution in [0.2, 0.25) is 0 Å². The maximum Gasteiger partial charge on any atom is 0.0611 e. The maximum absolute atomic E-state index is 9.66. The third kappa shape index (κ3) is 4.71. The van der Waals surface area contributed by atoms with Gasteiger partial charge in [-0.05, 0) is 59.7 Å². The number of hydrogen-bond donors (Lipinski definition) is 2. The second-order valence-corrected chi connectivity index (χ2v) is 6.98. The average Bonchev–Trinajstić information content (AvgIpc) is 3.05. The van der Waals surface area contributed by atoms with Gasteiger partial charge in [0.2, 0.25) is 0 Å². The lowest BCUT2D eigenvalue weighted by Crippen LogP contribution is -2.50. The minimum absolute atomic E-state index is 0.0909. The zero-order chi connectivity index (χ0) is 13.9. The van der Waals surface area contributed by atoms with Crippen molar-refractivity contribution in [2.45, 2.75) is 56.7 Å². The molecule has 2 N–H and O–H groups in total. The van der Waals surface area contributed by atoms with Crippen molar-refractivity contribution in [3.63, 3.8) is 0 Å². The van der Waals surface area contributed by atoms with E-state index >= 15 is 0 Å². The highest BCUT2D eigenvalue weighted by Gasteiger charge is 2.33. The van der Waals surface area contributed by atoms with Crippen LogP contribution in [0, 0.1) is 0 Å². The topological polar surface area (TPSA) is 38.7 Å². The Kier molecular flexibility index (Phi) is 5.23. The van der Waals surface area contributed by atoms with Crippen molar-refractivity contribution in [3.05, 3.63) is 0 Å². The lowest BCUT2D eigenvalue weighted by atomic mass is 9.98. The van der Waals surface area contributed by atoms with Crippen LogP contribution < -0.4 is 5.32 Å². The normalized spacial score (nSPS) is 27.9. The van der Waals surface area contributed by atoms with Crippen LogP contribution in [0.3, 0.4) is 0 Å². The van der Waals surface area contributed by atoms with Crippen molar-refractivity contribution >= 4 is 0 Å². The Morgan fingerprint density at radius 2 is 2.05 bits per heavy atom. The summed E-state index contributed by atoms with van der Waals surface area (Å²) in [7, 11) is 4.31. The second-order valence-electron chi connectivity index (χ2n) is 6.98. The molecule has 1 aliphatic carbocycles. The molecule has 1 saturated heterocycles. The Bertz CT molecular complexity index is 281. The Morgan fingerprint density at radius 1 is 1.32 bits per heavy atom. The van der Waals surface area contributed by atoms with Crippen LogP contribution in [0.15, 0.2) is 0 Å². The summed E-state index contributed by atoms with van der Waals surface area (Å²) in [6.45, 7) is 5.91. The van der Waals surface area contributed by atoms with Crippen molar-refractivity contribution in [2.24, 2.45) is 0 Å². The van der Waals surface area contributed by atoms with Gasteiger partial charge in [0.25, 0.3) is 0 Å².